The third-order valence-electron chi connectivity index (χ3n) is 2.74. The fourth-order valence-electron chi connectivity index (χ4n) is 1.73. The van der Waals surface area contributed by atoms with Crippen LogP contribution in [0.2, 0.25) is 0 Å². The second kappa shape index (κ2) is 9.94. The van der Waals surface area contributed by atoms with Crippen molar-refractivity contribution in [1.82, 2.24) is 10.6 Å². The van der Waals surface area contributed by atoms with Crippen LogP contribution in [0.4, 0.5) is 22.0 Å². The van der Waals surface area contributed by atoms with Crippen LogP contribution in [0.15, 0.2) is 29.3 Å². The van der Waals surface area contributed by atoms with E-state index in [1.165, 1.54) is 0 Å². The van der Waals surface area contributed by atoms with Gasteiger partial charge in [-0.15, -0.1) is 0 Å². The SMILES string of the molecule is CCNC(=NCc1cccc(OCC(F)F)c1)NCCC(F)(F)F. The van der Waals surface area contributed by atoms with Gasteiger partial charge in [0, 0.05) is 13.1 Å². The predicted octanol–water partition coefficient (Wildman–Crippen LogP) is 3.34. The summed E-state index contributed by atoms with van der Waals surface area (Å²) in [5, 5.41) is 5.43. The Morgan fingerprint density at radius 3 is 2.62 bits per heavy atom. The van der Waals surface area contributed by atoms with Gasteiger partial charge in [0.2, 0.25) is 0 Å². The van der Waals surface area contributed by atoms with E-state index in [1.807, 2.05) is 0 Å². The molecule has 9 heteroatoms. The summed E-state index contributed by atoms with van der Waals surface area (Å²) in [5.41, 5.74) is 0.690. The maximum absolute atomic E-state index is 12.1. The Bertz CT molecular complexity index is 520. The summed E-state index contributed by atoms with van der Waals surface area (Å²) in [5.74, 6) is 0.540. The molecule has 0 radical (unpaired) electrons. The molecule has 0 aliphatic carbocycles. The molecule has 0 fully saturated rings. The van der Waals surface area contributed by atoms with Gasteiger partial charge in [0.25, 0.3) is 6.43 Å². The summed E-state index contributed by atoms with van der Waals surface area (Å²) in [7, 11) is 0. The van der Waals surface area contributed by atoms with Gasteiger partial charge >= 0.3 is 6.18 Å². The van der Waals surface area contributed by atoms with E-state index < -0.39 is 25.6 Å². The van der Waals surface area contributed by atoms with Crippen LogP contribution < -0.4 is 15.4 Å². The normalized spacial score (nSPS) is 12.4. The molecule has 2 N–H and O–H groups in total. The quantitative estimate of drug-likeness (QED) is 0.428. The molecule has 0 aliphatic rings. The largest absolute Gasteiger partial charge is 0.488 e. The van der Waals surface area contributed by atoms with Crippen LogP contribution in [0.1, 0.15) is 18.9 Å². The average Bonchev–Trinajstić information content (AvgIpc) is 2.50. The summed E-state index contributed by atoms with van der Waals surface area (Å²) >= 11 is 0. The molecule has 24 heavy (non-hydrogen) atoms. The van der Waals surface area contributed by atoms with Crippen LogP contribution in [0.3, 0.4) is 0 Å². The van der Waals surface area contributed by atoms with E-state index in [0.717, 1.165) is 0 Å². The number of nitrogens with one attached hydrogen (secondary N) is 2. The van der Waals surface area contributed by atoms with Crippen LogP contribution in [0, 0.1) is 0 Å². The van der Waals surface area contributed by atoms with Gasteiger partial charge in [0.15, 0.2) is 5.96 Å². The monoisotopic (exact) mass is 353 g/mol. The lowest BCUT2D eigenvalue weighted by Gasteiger charge is -2.12. The van der Waals surface area contributed by atoms with Crippen LogP contribution in [-0.4, -0.2) is 38.3 Å². The topological polar surface area (TPSA) is 45.7 Å². The molecule has 0 amide bonds. The molecule has 0 aliphatic heterocycles. The molecule has 0 saturated heterocycles. The van der Waals surface area contributed by atoms with E-state index in [2.05, 4.69) is 15.6 Å². The molecule has 0 aromatic heterocycles. The van der Waals surface area contributed by atoms with Crippen molar-refractivity contribution in [3.05, 3.63) is 29.8 Å². The van der Waals surface area contributed by atoms with E-state index in [4.69, 9.17) is 4.74 Å². The van der Waals surface area contributed by atoms with Crippen molar-refractivity contribution in [2.45, 2.75) is 32.5 Å². The zero-order valence-electron chi connectivity index (χ0n) is 13.2. The van der Waals surface area contributed by atoms with Crippen LogP contribution in [0.5, 0.6) is 5.75 Å². The van der Waals surface area contributed by atoms with Crippen molar-refractivity contribution in [3.63, 3.8) is 0 Å². The number of ether oxygens (including phenoxy) is 1. The molecule has 1 aromatic carbocycles. The average molecular weight is 353 g/mol. The molecule has 1 aromatic rings. The first-order valence-electron chi connectivity index (χ1n) is 7.39. The molecule has 0 bridgehead atoms. The minimum absolute atomic E-state index is 0.174. The molecule has 0 heterocycles. The number of aliphatic imine (C=N–C) groups is 1. The van der Waals surface area contributed by atoms with E-state index >= 15 is 0 Å². The number of hydrogen-bond donors (Lipinski definition) is 2. The zero-order chi connectivity index (χ0) is 18.0. The number of rotatable bonds is 8. The van der Waals surface area contributed by atoms with Crippen LogP contribution in [-0.2, 0) is 6.54 Å². The molecular weight excluding hydrogens is 333 g/mol. The molecule has 0 saturated carbocycles. The van der Waals surface area contributed by atoms with Gasteiger partial charge in [-0.25, -0.2) is 13.8 Å². The van der Waals surface area contributed by atoms with Gasteiger partial charge in [0.05, 0.1) is 13.0 Å². The smallest absolute Gasteiger partial charge is 0.390 e. The molecule has 0 unspecified atom stereocenters. The maximum atomic E-state index is 12.1. The Morgan fingerprint density at radius 2 is 2.00 bits per heavy atom. The third-order valence-corrected chi connectivity index (χ3v) is 2.74. The number of nitrogens with zero attached hydrogens (tertiary/aromatic N) is 1. The lowest BCUT2D eigenvalue weighted by molar-refractivity contribution is -0.132. The van der Waals surface area contributed by atoms with Gasteiger partial charge in [-0.2, -0.15) is 13.2 Å². The fraction of sp³-hybridized carbons (Fsp3) is 0.533. The Morgan fingerprint density at radius 1 is 1.25 bits per heavy atom. The lowest BCUT2D eigenvalue weighted by Crippen LogP contribution is -2.38. The van der Waals surface area contributed by atoms with Gasteiger partial charge in [-0.1, -0.05) is 12.1 Å². The lowest BCUT2D eigenvalue weighted by atomic mass is 10.2. The number of halogens is 5. The fourth-order valence-corrected chi connectivity index (χ4v) is 1.73. The highest BCUT2D eigenvalue weighted by atomic mass is 19.4. The molecule has 4 nitrogen and oxygen atoms in total. The number of alkyl halides is 5. The number of benzene rings is 1. The Balaban J connectivity index is 2.60. The van der Waals surface area contributed by atoms with Crippen molar-refractivity contribution < 1.29 is 26.7 Å². The van der Waals surface area contributed by atoms with Gasteiger partial charge in [-0.3, -0.25) is 0 Å². The highest BCUT2D eigenvalue weighted by molar-refractivity contribution is 5.79. The highest BCUT2D eigenvalue weighted by Crippen LogP contribution is 2.18. The van der Waals surface area contributed by atoms with E-state index in [0.29, 0.717) is 12.1 Å². The Labute approximate surface area is 137 Å². The standard InChI is InChI=1S/C15H20F5N3O/c1-2-21-14(22-7-6-15(18,19)20)23-9-11-4-3-5-12(8-11)24-10-13(16)17/h3-5,8,13H,2,6-7,9-10H2,1H3,(H2,21,22,23). The van der Waals surface area contributed by atoms with Crippen LogP contribution in [0.25, 0.3) is 0 Å². The molecule has 0 atom stereocenters. The Hall–Kier alpha value is -2.06. The molecular formula is C15H20F5N3O. The summed E-state index contributed by atoms with van der Waals surface area (Å²) in [6.45, 7) is 1.48. The van der Waals surface area contributed by atoms with Crippen molar-refractivity contribution >= 4 is 5.96 Å². The van der Waals surface area contributed by atoms with Gasteiger partial charge in [-0.05, 0) is 24.6 Å². The number of guanidine groups is 1. The number of hydrogen-bond acceptors (Lipinski definition) is 2. The van der Waals surface area contributed by atoms with Crippen molar-refractivity contribution in [3.8, 4) is 5.75 Å². The Kier molecular flexibility index (Phi) is 8.28. The maximum Gasteiger partial charge on any atom is 0.390 e. The van der Waals surface area contributed by atoms with Crippen molar-refractivity contribution in [2.24, 2.45) is 4.99 Å². The summed E-state index contributed by atoms with van der Waals surface area (Å²) in [4.78, 5) is 4.16. The summed E-state index contributed by atoms with van der Waals surface area (Å²) in [6.07, 6.45) is -7.76. The summed E-state index contributed by atoms with van der Waals surface area (Å²) in [6, 6.07) is 6.46. The van der Waals surface area contributed by atoms with Crippen molar-refractivity contribution in [1.29, 1.82) is 0 Å². The minimum atomic E-state index is -4.24. The second-order valence-electron chi connectivity index (χ2n) is 4.84. The first kappa shape index (κ1) is 20.0. The minimum Gasteiger partial charge on any atom is -0.488 e. The first-order valence-corrected chi connectivity index (χ1v) is 7.39. The molecule has 136 valence electrons. The molecule has 0 spiro atoms. The third kappa shape index (κ3) is 9.16. The van der Waals surface area contributed by atoms with E-state index in [-0.39, 0.29) is 24.8 Å². The second-order valence-corrected chi connectivity index (χ2v) is 4.84. The van der Waals surface area contributed by atoms with Gasteiger partial charge < -0.3 is 15.4 Å². The van der Waals surface area contributed by atoms with E-state index in [1.54, 1.807) is 31.2 Å². The molecule has 1 rings (SSSR count). The highest BCUT2D eigenvalue weighted by Gasteiger charge is 2.26. The predicted molar refractivity (Wildman–Crippen MR) is 81.4 cm³/mol. The summed E-state index contributed by atoms with van der Waals surface area (Å²) < 4.78 is 65.6. The van der Waals surface area contributed by atoms with Crippen LogP contribution >= 0.6 is 0 Å². The van der Waals surface area contributed by atoms with Crippen molar-refractivity contribution in [2.75, 3.05) is 19.7 Å². The first-order chi connectivity index (χ1) is 11.3. The zero-order valence-corrected chi connectivity index (χ0v) is 13.2. The van der Waals surface area contributed by atoms with Gasteiger partial charge in [0.1, 0.15) is 12.4 Å². The van der Waals surface area contributed by atoms with E-state index in [9.17, 15) is 22.0 Å².